The number of Topliss-reactive ketones (excluding diaryl/α,β-unsaturated/α-hetero) is 1. The van der Waals surface area contributed by atoms with E-state index in [9.17, 15) is 9.59 Å². The number of nitrogens with zero attached hydrogens (tertiary/aromatic N) is 1. The van der Waals surface area contributed by atoms with Crippen molar-refractivity contribution in [2.75, 3.05) is 5.32 Å². The fourth-order valence-electron chi connectivity index (χ4n) is 3.36. The van der Waals surface area contributed by atoms with Gasteiger partial charge in [0.1, 0.15) is 5.01 Å². The number of hydrogen-bond donors (Lipinski definition) is 1. The van der Waals surface area contributed by atoms with Crippen LogP contribution in [-0.4, -0.2) is 16.7 Å². The average molecular weight is 429 g/mol. The van der Waals surface area contributed by atoms with Gasteiger partial charge in [-0.05, 0) is 79.9 Å². The van der Waals surface area contributed by atoms with Crippen molar-refractivity contribution >= 4 is 38.9 Å². The molecule has 0 fully saturated rings. The van der Waals surface area contributed by atoms with E-state index in [0.29, 0.717) is 11.3 Å². The number of benzene rings is 3. The summed E-state index contributed by atoms with van der Waals surface area (Å²) >= 11 is 1.66. The third-order valence-electron chi connectivity index (χ3n) is 5.37. The van der Waals surface area contributed by atoms with Crippen molar-refractivity contribution in [1.29, 1.82) is 0 Å². The molecule has 1 aromatic heterocycles. The molecule has 0 aliphatic carbocycles. The summed E-state index contributed by atoms with van der Waals surface area (Å²) in [7, 11) is 0. The molecular formula is C26H24N2O2S. The molecule has 0 radical (unpaired) electrons. The number of ketones is 1. The molecule has 0 atom stereocenters. The van der Waals surface area contributed by atoms with E-state index in [1.807, 2.05) is 62.4 Å². The molecule has 0 saturated carbocycles. The molecule has 4 aromatic rings. The fraction of sp³-hybridized carbons (Fsp3) is 0.192. The van der Waals surface area contributed by atoms with Crippen LogP contribution in [0.2, 0.25) is 0 Å². The number of hydrogen-bond acceptors (Lipinski definition) is 4. The molecule has 156 valence electrons. The molecule has 0 unspecified atom stereocenters. The first kappa shape index (κ1) is 20.9. The Kier molecular flexibility index (Phi) is 5.96. The summed E-state index contributed by atoms with van der Waals surface area (Å²) in [5.41, 5.74) is 6.84. The van der Waals surface area contributed by atoms with Gasteiger partial charge in [0.15, 0.2) is 5.78 Å². The first-order valence-electron chi connectivity index (χ1n) is 10.3. The highest BCUT2D eigenvalue weighted by atomic mass is 32.1. The molecule has 0 bridgehead atoms. The van der Waals surface area contributed by atoms with Gasteiger partial charge in [0, 0.05) is 29.7 Å². The van der Waals surface area contributed by atoms with Crippen molar-refractivity contribution in [2.24, 2.45) is 0 Å². The Morgan fingerprint density at radius 1 is 0.871 bits per heavy atom. The van der Waals surface area contributed by atoms with Crippen molar-refractivity contribution < 1.29 is 9.59 Å². The maximum Gasteiger partial charge on any atom is 0.224 e. The van der Waals surface area contributed by atoms with E-state index in [0.717, 1.165) is 27.2 Å². The first-order valence-corrected chi connectivity index (χ1v) is 11.1. The Bertz CT molecular complexity index is 1270. The van der Waals surface area contributed by atoms with E-state index < -0.39 is 0 Å². The van der Waals surface area contributed by atoms with Gasteiger partial charge in [-0.25, -0.2) is 4.98 Å². The maximum absolute atomic E-state index is 12.4. The molecule has 0 saturated heterocycles. The van der Waals surface area contributed by atoms with E-state index >= 15 is 0 Å². The average Bonchev–Trinajstić information content (AvgIpc) is 3.17. The molecule has 4 rings (SSSR count). The largest absolute Gasteiger partial charge is 0.326 e. The topological polar surface area (TPSA) is 59.1 Å². The van der Waals surface area contributed by atoms with Gasteiger partial charge in [-0.3, -0.25) is 9.59 Å². The van der Waals surface area contributed by atoms with Gasteiger partial charge in [0.05, 0.1) is 10.2 Å². The number of anilines is 1. The minimum atomic E-state index is -0.166. The molecule has 1 N–H and O–H groups in total. The minimum absolute atomic E-state index is 0.0142. The number of aromatic nitrogens is 1. The number of amides is 1. The third-order valence-corrected chi connectivity index (χ3v) is 6.43. The van der Waals surface area contributed by atoms with E-state index in [-0.39, 0.29) is 24.5 Å². The Morgan fingerprint density at radius 2 is 1.65 bits per heavy atom. The standard InChI is InChI=1S/C26H24N2O2S/c1-16-4-11-22-24(14-16)31-26(28-22)19-7-9-21(10-8-19)27-25(30)13-12-23(29)20-6-5-17(2)18(3)15-20/h4-11,14-15H,12-13H2,1-3H3,(H,27,30). The zero-order chi connectivity index (χ0) is 22.0. The number of carbonyl (C=O) groups excluding carboxylic acids is 2. The SMILES string of the molecule is Cc1ccc2nc(-c3ccc(NC(=O)CCC(=O)c4ccc(C)c(C)c4)cc3)sc2c1. The highest BCUT2D eigenvalue weighted by molar-refractivity contribution is 7.21. The number of nitrogens with one attached hydrogen (secondary N) is 1. The van der Waals surface area contributed by atoms with Crippen LogP contribution in [0.4, 0.5) is 5.69 Å². The van der Waals surface area contributed by atoms with Crippen LogP contribution in [-0.2, 0) is 4.79 Å². The van der Waals surface area contributed by atoms with Crippen LogP contribution in [0.5, 0.6) is 0 Å². The highest BCUT2D eigenvalue weighted by Gasteiger charge is 2.11. The molecule has 4 nitrogen and oxygen atoms in total. The predicted molar refractivity (Wildman–Crippen MR) is 128 cm³/mol. The fourth-order valence-corrected chi connectivity index (χ4v) is 4.43. The normalized spacial score (nSPS) is 10.9. The molecule has 0 spiro atoms. The van der Waals surface area contributed by atoms with E-state index in [4.69, 9.17) is 4.98 Å². The zero-order valence-corrected chi connectivity index (χ0v) is 18.7. The quantitative estimate of drug-likeness (QED) is 0.357. The Hall–Kier alpha value is -3.31. The summed E-state index contributed by atoms with van der Waals surface area (Å²) in [5, 5.41) is 3.83. The predicted octanol–water partition coefficient (Wildman–Crippen LogP) is 6.49. The second-order valence-electron chi connectivity index (χ2n) is 7.84. The molecule has 0 aliphatic rings. The van der Waals surface area contributed by atoms with Gasteiger partial charge in [-0.2, -0.15) is 0 Å². The van der Waals surface area contributed by atoms with Crippen molar-refractivity contribution in [3.8, 4) is 10.6 Å². The van der Waals surface area contributed by atoms with Crippen LogP contribution in [0.1, 0.15) is 39.9 Å². The number of fused-ring (bicyclic) bond motifs is 1. The third kappa shape index (κ3) is 4.89. The smallest absolute Gasteiger partial charge is 0.224 e. The van der Waals surface area contributed by atoms with E-state index in [1.165, 1.54) is 10.3 Å². The van der Waals surface area contributed by atoms with Crippen LogP contribution >= 0.6 is 11.3 Å². The molecule has 0 aliphatic heterocycles. The summed E-state index contributed by atoms with van der Waals surface area (Å²) in [6.07, 6.45) is 0.349. The molecule has 1 heterocycles. The second-order valence-corrected chi connectivity index (χ2v) is 8.87. The van der Waals surface area contributed by atoms with Crippen molar-refractivity contribution in [3.63, 3.8) is 0 Å². The van der Waals surface area contributed by atoms with Crippen molar-refractivity contribution in [2.45, 2.75) is 33.6 Å². The first-order chi connectivity index (χ1) is 14.9. The molecule has 5 heteroatoms. The van der Waals surface area contributed by atoms with Crippen molar-refractivity contribution in [3.05, 3.63) is 82.9 Å². The second kappa shape index (κ2) is 8.82. The maximum atomic E-state index is 12.4. The van der Waals surface area contributed by atoms with Crippen LogP contribution in [0.15, 0.2) is 60.7 Å². The van der Waals surface area contributed by atoms with E-state index in [2.05, 4.69) is 24.4 Å². The lowest BCUT2D eigenvalue weighted by Crippen LogP contribution is -2.13. The van der Waals surface area contributed by atoms with Crippen LogP contribution in [0.25, 0.3) is 20.8 Å². The Labute approximate surface area is 186 Å². The van der Waals surface area contributed by atoms with Gasteiger partial charge < -0.3 is 5.32 Å². The van der Waals surface area contributed by atoms with Gasteiger partial charge in [0.25, 0.3) is 0 Å². The van der Waals surface area contributed by atoms with Crippen LogP contribution in [0.3, 0.4) is 0 Å². The summed E-state index contributed by atoms with van der Waals surface area (Å²) in [6, 6.07) is 19.6. The number of rotatable bonds is 6. The molecular weight excluding hydrogens is 404 g/mol. The van der Waals surface area contributed by atoms with Gasteiger partial charge in [-0.15, -0.1) is 11.3 Å². The Balaban J connectivity index is 1.36. The number of aryl methyl sites for hydroxylation is 3. The summed E-state index contributed by atoms with van der Waals surface area (Å²) in [5.74, 6) is -0.180. The van der Waals surface area contributed by atoms with Gasteiger partial charge >= 0.3 is 0 Å². The zero-order valence-electron chi connectivity index (χ0n) is 17.9. The van der Waals surface area contributed by atoms with Crippen LogP contribution < -0.4 is 5.32 Å². The minimum Gasteiger partial charge on any atom is -0.326 e. The van der Waals surface area contributed by atoms with Crippen molar-refractivity contribution in [1.82, 2.24) is 4.98 Å². The molecule has 31 heavy (non-hydrogen) atoms. The lowest BCUT2D eigenvalue weighted by Gasteiger charge is -2.07. The van der Waals surface area contributed by atoms with Gasteiger partial charge in [0.2, 0.25) is 5.91 Å². The lowest BCUT2D eigenvalue weighted by molar-refractivity contribution is -0.116. The highest BCUT2D eigenvalue weighted by Crippen LogP contribution is 2.31. The van der Waals surface area contributed by atoms with Gasteiger partial charge in [-0.1, -0.05) is 18.2 Å². The van der Waals surface area contributed by atoms with Crippen LogP contribution in [0, 0.1) is 20.8 Å². The Morgan fingerprint density at radius 3 is 2.39 bits per heavy atom. The monoisotopic (exact) mass is 428 g/mol. The summed E-state index contributed by atoms with van der Waals surface area (Å²) < 4.78 is 1.17. The summed E-state index contributed by atoms with van der Waals surface area (Å²) in [6.45, 7) is 6.07. The number of thiazole rings is 1. The van der Waals surface area contributed by atoms with E-state index in [1.54, 1.807) is 11.3 Å². The lowest BCUT2D eigenvalue weighted by atomic mass is 10.0. The summed E-state index contributed by atoms with van der Waals surface area (Å²) in [4.78, 5) is 29.4. The molecule has 3 aromatic carbocycles. The molecule has 1 amide bonds. The number of carbonyl (C=O) groups is 2.